The number of halogens is 1. The molecule has 1 aromatic carbocycles. The number of carbonyl (C=O) groups excluding carboxylic acids is 3. The van der Waals surface area contributed by atoms with Gasteiger partial charge in [-0.25, -0.2) is 0 Å². The molecule has 2 heterocycles. The molecule has 1 atom stereocenters. The van der Waals surface area contributed by atoms with Crippen LogP contribution in [0.1, 0.15) is 18.9 Å². The first-order valence-corrected chi connectivity index (χ1v) is 8.88. The molecule has 3 amide bonds. The Morgan fingerprint density at radius 1 is 1.08 bits per heavy atom. The molecule has 7 heteroatoms. The smallest absolute Gasteiger partial charge is 0.239 e. The van der Waals surface area contributed by atoms with E-state index in [-0.39, 0.29) is 17.7 Å². The highest BCUT2D eigenvalue weighted by molar-refractivity contribution is 6.31. The quantitative estimate of drug-likeness (QED) is 0.751. The van der Waals surface area contributed by atoms with E-state index in [1.54, 1.807) is 26.8 Å². The molecule has 25 heavy (non-hydrogen) atoms. The normalized spacial score (nSPS) is 21.0. The van der Waals surface area contributed by atoms with Gasteiger partial charge in [-0.3, -0.25) is 14.4 Å². The molecule has 0 saturated carbocycles. The van der Waals surface area contributed by atoms with Crippen molar-refractivity contribution in [2.45, 2.75) is 20.3 Å². The maximum absolute atomic E-state index is 12.8. The minimum atomic E-state index is -0.637. The summed E-state index contributed by atoms with van der Waals surface area (Å²) < 4.78 is 0. The largest absolute Gasteiger partial charge is 0.339 e. The van der Waals surface area contributed by atoms with Crippen LogP contribution in [0.4, 0.5) is 5.69 Å². The third kappa shape index (κ3) is 3.49. The molecule has 2 saturated heterocycles. The van der Waals surface area contributed by atoms with Gasteiger partial charge >= 0.3 is 0 Å². The van der Waals surface area contributed by atoms with Gasteiger partial charge in [-0.1, -0.05) is 17.7 Å². The van der Waals surface area contributed by atoms with Crippen LogP contribution in [0.2, 0.25) is 5.02 Å². The lowest BCUT2D eigenvalue weighted by molar-refractivity contribution is -0.144. The standard InChI is InChI=1S/C18H22ClN3O3/c1-12-3-4-14(19)11-16(12)22-6-5-15(18(22)25)17(24)21-9-7-20(8-10-21)13(2)23/h3-4,11,15H,5-10H2,1-2H3. The van der Waals surface area contributed by atoms with Gasteiger partial charge in [0.15, 0.2) is 0 Å². The van der Waals surface area contributed by atoms with Crippen molar-refractivity contribution in [2.75, 3.05) is 37.6 Å². The molecule has 0 N–H and O–H groups in total. The van der Waals surface area contributed by atoms with Crippen LogP contribution in [0.5, 0.6) is 0 Å². The summed E-state index contributed by atoms with van der Waals surface area (Å²) in [7, 11) is 0. The van der Waals surface area contributed by atoms with Crippen molar-refractivity contribution in [3.8, 4) is 0 Å². The minimum Gasteiger partial charge on any atom is -0.339 e. The summed E-state index contributed by atoms with van der Waals surface area (Å²) in [6, 6.07) is 5.44. The molecule has 0 spiro atoms. The third-order valence-electron chi connectivity index (χ3n) is 5.00. The first kappa shape index (κ1) is 17.7. The van der Waals surface area contributed by atoms with Crippen LogP contribution >= 0.6 is 11.6 Å². The molecule has 134 valence electrons. The van der Waals surface area contributed by atoms with E-state index in [0.717, 1.165) is 11.3 Å². The summed E-state index contributed by atoms with van der Waals surface area (Å²) in [6.45, 7) is 6.00. The van der Waals surface area contributed by atoms with Gasteiger partial charge in [0, 0.05) is 50.4 Å². The van der Waals surface area contributed by atoms with Gasteiger partial charge in [-0.05, 0) is 31.0 Å². The second kappa shape index (κ2) is 7.04. The number of carbonyl (C=O) groups is 3. The van der Waals surface area contributed by atoms with Crippen LogP contribution in [-0.2, 0) is 14.4 Å². The summed E-state index contributed by atoms with van der Waals surface area (Å²) in [6.07, 6.45) is 0.510. The first-order valence-electron chi connectivity index (χ1n) is 8.50. The molecule has 0 aromatic heterocycles. The zero-order chi connectivity index (χ0) is 18.1. The Morgan fingerprint density at radius 3 is 2.36 bits per heavy atom. The Bertz CT molecular complexity index is 714. The lowest BCUT2D eigenvalue weighted by atomic mass is 10.1. The van der Waals surface area contributed by atoms with Gasteiger partial charge in [0.1, 0.15) is 5.92 Å². The number of benzene rings is 1. The Morgan fingerprint density at radius 2 is 1.72 bits per heavy atom. The van der Waals surface area contributed by atoms with E-state index >= 15 is 0 Å². The summed E-state index contributed by atoms with van der Waals surface area (Å²) in [5.74, 6) is -0.909. The Kier molecular flexibility index (Phi) is 4.99. The van der Waals surface area contributed by atoms with Gasteiger partial charge in [-0.15, -0.1) is 0 Å². The highest BCUT2D eigenvalue weighted by Crippen LogP contribution is 2.31. The van der Waals surface area contributed by atoms with Crippen molar-refractivity contribution in [1.29, 1.82) is 0 Å². The fourth-order valence-electron chi connectivity index (χ4n) is 3.48. The van der Waals surface area contributed by atoms with E-state index in [4.69, 9.17) is 11.6 Å². The fraction of sp³-hybridized carbons (Fsp3) is 0.500. The SMILES string of the molecule is CC(=O)N1CCN(C(=O)C2CCN(c3cc(Cl)ccc3C)C2=O)CC1. The van der Waals surface area contributed by atoms with Crippen molar-refractivity contribution in [3.63, 3.8) is 0 Å². The predicted molar refractivity (Wildman–Crippen MR) is 95.5 cm³/mol. The summed E-state index contributed by atoms with van der Waals surface area (Å²) in [5, 5.41) is 0.573. The molecule has 1 unspecified atom stereocenters. The number of hydrogen-bond donors (Lipinski definition) is 0. The number of anilines is 1. The Hall–Kier alpha value is -2.08. The summed E-state index contributed by atoms with van der Waals surface area (Å²) >= 11 is 6.06. The molecule has 6 nitrogen and oxygen atoms in total. The maximum atomic E-state index is 12.8. The van der Waals surface area contributed by atoms with Gasteiger partial charge < -0.3 is 14.7 Å². The van der Waals surface area contributed by atoms with Gasteiger partial charge in [-0.2, -0.15) is 0 Å². The highest BCUT2D eigenvalue weighted by atomic mass is 35.5. The van der Waals surface area contributed by atoms with Crippen molar-refractivity contribution < 1.29 is 14.4 Å². The maximum Gasteiger partial charge on any atom is 0.239 e. The molecule has 2 fully saturated rings. The number of hydrogen-bond acceptors (Lipinski definition) is 3. The summed E-state index contributed by atoms with van der Waals surface area (Å²) in [5.41, 5.74) is 1.73. The van der Waals surface area contributed by atoms with E-state index in [1.165, 1.54) is 6.92 Å². The van der Waals surface area contributed by atoms with Crippen molar-refractivity contribution >= 4 is 35.0 Å². The van der Waals surface area contributed by atoms with Gasteiger partial charge in [0.25, 0.3) is 0 Å². The third-order valence-corrected chi connectivity index (χ3v) is 5.24. The molecule has 2 aliphatic rings. The van der Waals surface area contributed by atoms with E-state index in [9.17, 15) is 14.4 Å². The van der Waals surface area contributed by atoms with Gasteiger partial charge in [0.2, 0.25) is 17.7 Å². The Labute approximate surface area is 152 Å². The van der Waals surface area contributed by atoms with Crippen LogP contribution in [0.3, 0.4) is 0 Å². The van der Waals surface area contributed by atoms with E-state index in [0.29, 0.717) is 44.2 Å². The zero-order valence-corrected chi connectivity index (χ0v) is 15.3. The number of aryl methyl sites for hydroxylation is 1. The first-order chi connectivity index (χ1) is 11.9. The Balaban J connectivity index is 1.69. The van der Waals surface area contributed by atoms with Crippen LogP contribution in [0.15, 0.2) is 18.2 Å². The number of piperazine rings is 1. The molecular formula is C18H22ClN3O3. The van der Waals surface area contributed by atoms with E-state index < -0.39 is 5.92 Å². The van der Waals surface area contributed by atoms with E-state index in [2.05, 4.69) is 0 Å². The van der Waals surface area contributed by atoms with Crippen molar-refractivity contribution in [1.82, 2.24) is 9.80 Å². The number of nitrogens with zero attached hydrogens (tertiary/aromatic N) is 3. The van der Waals surface area contributed by atoms with Crippen molar-refractivity contribution in [2.24, 2.45) is 5.92 Å². The molecule has 2 aliphatic heterocycles. The number of rotatable bonds is 2. The fourth-order valence-corrected chi connectivity index (χ4v) is 3.65. The summed E-state index contributed by atoms with van der Waals surface area (Å²) in [4.78, 5) is 42.0. The topological polar surface area (TPSA) is 60.9 Å². The molecule has 0 aliphatic carbocycles. The van der Waals surface area contributed by atoms with Crippen molar-refractivity contribution in [3.05, 3.63) is 28.8 Å². The average Bonchev–Trinajstić information content (AvgIpc) is 2.98. The lowest BCUT2D eigenvalue weighted by Gasteiger charge is -2.35. The monoisotopic (exact) mass is 363 g/mol. The van der Waals surface area contributed by atoms with Gasteiger partial charge in [0.05, 0.1) is 0 Å². The van der Waals surface area contributed by atoms with E-state index in [1.807, 2.05) is 13.0 Å². The highest BCUT2D eigenvalue weighted by Gasteiger charge is 2.40. The average molecular weight is 364 g/mol. The predicted octanol–water partition coefficient (Wildman–Crippen LogP) is 1.69. The molecule has 1 aromatic rings. The van der Waals surface area contributed by atoms with Crippen LogP contribution < -0.4 is 4.90 Å². The molecular weight excluding hydrogens is 342 g/mol. The van der Waals surface area contributed by atoms with Crippen LogP contribution in [0, 0.1) is 12.8 Å². The van der Waals surface area contributed by atoms with Crippen LogP contribution in [-0.4, -0.2) is 60.2 Å². The number of amides is 3. The van der Waals surface area contributed by atoms with Crippen LogP contribution in [0.25, 0.3) is 0 Å². The molecule has 0 bridgehead atoms. The second-order valence-corrected chi connectivity index (χ2v) is 7.03. The molecule has 0 radical (unpaired) electrons. The zero-order valence-electron chi connectivity index (χ0n) is 14.5. The second-order valence-electron chi connectivity index (χ2n) is 6.59. The molecule has 3 rings (SSSR count). The lowest BCUT2D eigenvalue weighted by Crippen LogP contribution is -2.52. The minimum absolute atomic E-state index is 0.0200.